The number of anilines is 3. The average Bonchev–Trinajstić information content (AvgIpc) is 3.34. The van der Waals surface area contributed by atoms with Gasteiger partial charge in [-0.05, 0) is 72.9 Å². The summed E-state index contributed by atoms with van der Waals surface area (Å²) in [5.74, 6) is 1.75. The zero-order chi connectivity index (χ0) is 26.8. The highest BCUT2D eigenvalue weighted by Gasteiger charge is 2.49. The van der Waals surface area contributed by atoms with Crippen molar-refractivity contribution >= 4 is 17.1 Å². The second-order valence-electron chi connectivity index (χ2n) is 10.8. The molecular weight excluding hydrogens is 480 g/mol. The molecule has 0 saturated carbocycles. The number of hydrogen-bond donors (Lipinski definition) is 1. The van der Waals surface area contributed by atoms with E-state index in [1.807, 2.05) is 6.07 Å². The van der Waals surface area contributed by atoms with Crippen LogP contribution in [0.25, 0.3) is 0 Å². The Morgan fingerprint density at radius 2 is 1.49 bits per heavy atom. The second kappa shape index (κ2) is 10.8. The first-order valence-corrected chi connectivity index (χ1v) is 14.4. The number of ether oxygens (including phenoxy) is 2. The lowest BCUT2D eigenvalue weighted by atomic mass is 9.77. The first kappa shape index (κ1) is 25.5. The van der Waals surface area contributed by atoms with E-state index in [2.05, 4.69) is 110 Å². The fourth-order valence-electron chi connectivity index (χ4n) is 5.97. The molecule has 39 heavy (non-hydrogen) atoms. The molecular formula is C35H38N2O2. The number of aryl methyl sites for hydroxylation is 1. The quantitative estimate of drug-likeness (QED) is 0.240. The lowest BCUT2D eigenvalue weighted by Crippen LogP contribution is -2.33. The van der Waals surface area contributed by atoms with E-state index in [4.69, 9.17) is 9.47 Å². The molecule has 200 valence electrons. The molecule has 0 aliphatic carbocycles. The Bertz CT molecular complexity index is 1460. The van der Waals surface area contributed by atoms with E-state index >= 15 is 0 Å². The maximum atomic E-state index is 6.86. The third-order valence-electron chi connectivity index (χ3n) is 8.09. The highest BCUT2D eigenvalue weighted by atomic mass is 16.5. The molecule has 0 saturated heterocycles. The summed E-state index contributed by atoms with van der Waals surface area (Å²) in [6.07, 6.45) is 4.73. The Balaban J connectivity index is 1.49. The van der Waals surface area contributed by atoms with Gasteiger partial charge in [0, 0.05) is 47.3 Å². The number of para-hydroxylation sites is 1. The summed E-state index contributed by atoms with van der Waals surface area (Å²) < 4.78 is 13.6. The van der Waals surface area contributed by atoms with Crippen LogP contribution in [0.3, 0.4) is 0 Å². The number of hydrogen-bond acceptors (Lipinski definition) is 4. The zero-order valence-corrected chi connectivity index (χ0v) is 23.3. The standard InChI is InChI=1S/C35H38N2O2/c1-4-6-19-37(20-7-5-2)28-17-18-30-34(22-28)39-33-21-25(3)32(36-27-14-9-8-10-15-27)23-31(33)35(30)29-16-12-11-13-26(29)24-38-35/h8-18,21-23,36H,4-7,19-20,24H2,1-3H3. The summed E-state index contributed by atoms with van der Waals surface area (Å²) in [5, 5.41) is 3.62. The highest BCUT2D eigenvalue weighted by Crippen LogP contribution is 2.57. The minimum absolute atomic E-state index is 0.575. The average molecular weight is 519 g/mol. The molecule has 0 amide bonds. The van der Waals surface area contributed by atoms with Crippen molar-refractivity contribution in [3.05, 3.63) is 113 Å². The largest absolute Gasteiger partial charge is 0.456 e. The van der Waals surface area contributed by atoms with E-state index in [1.54, 1.807) is 0 Å². The molecule has 4 aromatic rings. The van der Waals surface area contributed by atoms with Crippen molar-refractivity contribution in [1.82, 2.24) is 0 Å². The van der Waals surface area contributed by atoms with Crippen LogP contribution in [0.5, 0.6) is 11.5 Å². The van der Waals surface area contributed by atoms with Crippen molar-refractivity contribution in [3.8, 4) is 11.5 Å². The molecule has 1 atom stereocenters. The summed E-state index contributed by atoms with van der Waals surface area (Å²) in [6, 6.07) is 30.1. The first-order chi connectivity index (χ1) is 19.1. The van der Waals surface area contributed by atoms with Crippen molar-refractivity contribution < 1.29 is 9.47 Å². The summed E-state index contributed by atoms with van der Waals surface area (Å²) in [5.41, 5.74) is 8.30. The van der Waals surface area contributed by atoms with Gasteiger partial charge >= 0.3 is 0 Å². The molecule has 0 radical (unpaired) electrons. The molecule has 4 nitrogen and oxygen atoms in total. The molecule has 2 aliphatic rings. The fraction of sp³-hybridized carbons (Fsp3) is 0.314. The highest BCUT2D eigenvalue weighted by molar-refractivity contribution is 5.73. The van der Waals surface area contributed by atoms with E-state index in [0.717, 1.165) is 52.7 Å². The maximum absolute atomic E-state index is 6.86. The number of nitrogens with zero attached hydrogens (tertiary/aromatic N) is 1. The number of rotatable bonds is 9. The topological polar surface area (TPSA) is 33.7 Å². The van der Waals surface area contributed by atoms with Crippen LogP contribution in [0, 0.1) is 6.92 Å². The first-order valence-electron chi connectivity index (χ1n) is 14.4. The van der Waals surface area contributed by atoms with Gasteiger partial charge in [0.25, 0.3) is 0 Å². The fourth-order valence-corrected chi connectivity index (χ4v) is 5.97. The van der Waals surface area contributed by atoms with Gasteiger partial charge in [0.15, 0.2) is 5.60 Å². The monoisotopic (exact) mass is 518 g/mol. The van der Waals surface area contributed by atoms with Crippen LogP contribution in [-0.4, -0.2) is 13.1 Å². The van der Waals surface area contributed by atoms with E-state index in [1.165, 1.54) is 42.5 Å². The van der Waals surface area contributed by atoms with E-state index in [0.29, 0.717) is 6.61 Å². The van der Waals surface area contributed by atoms with Gasteiger partial charge in [-0.3, -0.25) is 0 Å². The molecule has 0 fully saturated rings. The third-order valence-corrected chi connectivity index (χ3v) is 8.09. The van der Waals surface area contributed by atoms with Crippen molar-refractivity contribution in [3.63, 3.8) is 0 Å². The molecule has 4 aromatic carbocycles. The Morgan fingerprint density at radius 1 is 0.769 bits per heavy atom. The van der Waals surface area contributed by atoms with Gasteiger partial charge in [0.1, 0.15) is 11.5 Å². The van der Waals surface area contributed by atoms with Crippen molar-refractivity contribution in [2.45, 2.75) is 58.7 Å². The van der Waals surface area contributed by atoms with Crippen LogP contribution in [-0.2, 0) is 16.9 Å². The lowest BCUT2D eigenvalue weighted by Gasteiger charge is -2.38. The van der Waals surface area contributed by atoms with Gasteiger partial charge in [-0.25, -0.2) is 0 Å². The summed E-state index contributed by atoms with van der Waals surface area (Å²) in [4.78, 5) is 2.51. The number of fused-ring (bicyclic) bond motifs is 6. The number of nitrogens with one attached hydrogen (secondary N) is 1. The number of unbranched alkanes of at least 4 members (excludes halogenated alkanes) is 2. The molecule has 2 heterocycles. The Labute approximate surface area is 232 Å². The molecule has 2 aliphatic heterocycles. The van der Waals surface area contributed by atoms with Crippen LogP contribution < -0.4 is 15.0 Å². The predicted molar refractivity (Wildman–Crippen MR) is 161 cm³/mol. The SMILES string of the molecule is CCCCN(CCCC)c1ccc2c(c1)Oc1cc(C)c(Nc3ccccc3)cc1C21OCc2ccccc21. The van der Waals surface area contributed by atoms with Crippen molar-refractivity contribution in [2.75, 3.05) is 23.3 Å². The molecule has 0 aromatic heterocycles. The predicted octanol–water partition coefficient (Wildman–Crippen LogP) is 9.07. The molecule has 1 spiro atoms. The van der Waals surface area contributed by atoms with E-state index in [-0.39, 0.29) is 0 Å². The Morgan fingerprint density at radius 3 is 2.26 bits per heavy atom. The van der Waals surface area contributed by atoms with Gasteiger partial charge < -0.3 is 19.7 Å². The van der Waals surface area contributed by atoms with Crippen LogP contribution in [0.15, 0.2) is 84.9 Å². The van der Waals surface area contributed by atoms with Gasteiger partial charge in [0.2, 0.25) is 0 Å². The van der Waals surface area contributed by atoms with Crippen molar-refractivity contribution in [2.24, 2.45) is 0 Å². The smallest absolute Gasteiger partial charge is 0.151 e. The second-order valence-corrected chi connectivity index (χ2v) is 10.8. The molecule has 4 heteroatoms. The normalized spacial score (nSPS) is 16.8. The lowest BCUT2D eigenvalue weighted by molar-refractivity contribution is 0.0200. The number of benzene rings is 4. The Kier molecular flexibility index (Phi) is 7.05. The summed E-state index contributed by atoms with van der Waals surface area (Å²) in [6.45, 7) is 9.34. The molecule has 1 unspecified atom stereocenters. The minimum atomic E-state index is -0.712. The van der Waals surface area contributed by atoms with Gasteiger partial charge in [0.05, 0.1) is 6.61 Å². The van der Waals surface area contributed by atoms with Crippen molar-refractivity contribution in [1.29, 1.82) is 0 Å². The van der Waals surface area contributed by atoms with Gasteiger partial charge in [-0.1, -0.05) is 69.2 Å². The van der Waals surface area contributed by atoms with Crippen LogP contribution in [0.2, 0.25) is 0 Å². The molecule has 0 bridgehead atoms. The zero-order valence-electron chi connectivity index (χ0n) is 23.3. The van der Waals surface area contributed by atoms with Crippen LogP contribution in [0.1, 0.15) is 67.3 Å². The van der Waals surface area contributed by atoms with Crippen LogP contribution in [0.4, 0.5) is 17.1 Å². The minimum Gasteiger partial charge on any atom is -0.456 e. The third kappa shape index (κ3) is 4.57. The Hall–Kier alpha value is -3.76. The van der Waals surface area contributed by atoms with E-state index in [9.17, 15) is 0 Å². The summed E-state index contributed by atoms with van der Waals surface area (Å²) in [7, 11) is 0. The molecule has 6 rings (SSSR count). The van der Waals surface area contributed by atoms with Crippen LogP contribution >= 0.6 is 0 Å². The summed E-state index contributed by atoms with van der Waals surface area (Å²) >= 11 is 0. The maximum Gasteiger partial charge on any atom is 0.151 e. The molecule has 1 N–H and O–H groups in total. The van der Waals surface area contributed by atoms with Gasteiger partial charge in [-0.2, -0.15) is 0 Å². The van der Waals surface area contributed by atoms with Gasteiger partial charge in [-0.15, -0.1) is 0 Å². The van der Waals surface area contributed by atoms with E-state index < -0.39 is 5.60 Å².